The van der Waals surface area contributed by atoms with Crippen LogP contribution in [-0.2, 0) is 11.3 Å². The van der Waals surface area contributed by atoms with Crippen molar-refractivity contribution in [3.05, 3.63) is 29.6 Å². The van der Waals surface area contributed by atoms with Crippen LogP contribution in [0.1, 0.15) is 19.4 Å². The molecule has 1 fully saturated rings. The average Bonchev–Trinajstić information content (AvgIpc) is 2.30. The van der Waals surface area contributed by atoms with Crippen LogP contribution < -0.4 is 5.46 Å². The van der Waals surface area contributed by atoms with Crippen molar-refractivity contribution in [1.29, 1.82) is 0 Å². The Bertz CT molecular complexity index is 454. The van der Waals surface area contributed by atoms with E-state index in [4.69, 9.17) is 14.8 Å². The van der Waals surface area contributed by atoms with Crippen LogP contribution in [0.5, 0.6) is 0 Å². The molecule has 0 amide bonds. The number of morpholine rings is 1. The van der Waals surface area contributed by atoms with E-state index in [2.05, 4.69) is 4.90 Å². The smallest absolute Gasteiger partial charge is 0.423 e. The highest BCUT2D eigenvalue weighted by molar-refractivity contribution is 6.58. The molecule has 19 heavy (non-hydrogen) atoms. The highest BCUT2D eigenvalue weighted by Gasteiger charge is 2.27. The fourth-order valence-electron chi connectivity index (χ4n) is 2.40. The molecule has 0 unspecified atom stereocenters. The first-order valence-electron chi connectivity index (χ1n) is 6.38. The van der Waals surface area contributed by atoms with Crippen molar-refractivity contribution in [3.63, 3.8) is 0 Å². The standard InChI is InChI=1S/C13H19BFNO3/c1-13(2)9-16(5-6-19-13)8-10-3-4-12(15)11(7-10)14(17)18/h3-4,7,17-18H,5-6,8-9H2,1-2H3. The van der Waals surface area contributed by atoms with Crippen molar-refractivity contribution in [2.75, 3.05) is 19.7 Å². The summed E-state index contributed by atoms with van der Waals surface area (Å²) in [6.07, 6.45) is 0. The van der Waals surface area contributed by atoms with Gasteiger partial charge in [0.2, 0.25) is 0 Å². The summed E-state index contributed by atoms with van der Waals surface area (Å²) in [5, 5.41) is 18.2. The Morgan fingerprint density at radius 3 is 2.79 bits per heavy atom. The largest absolute Gasteiger partial charge is 0.491 e. The van der Waals surface area contributed by atoms with Gasteiger partial charge < -0.3 is 14.8 Å². The molecule has 1 aromatic rings. The van der Waals surface area contributed by atoms with E-state index < -0.39 is 12.9 Å². The third kappa shape index (κ3) is 3.76. The van der Waals surface area contributed by atoms with E-state index in [-0.39, 0.29) is 11.1 Å². The number of hydrogen-bond acceptors (Lipinski definition) is 4. The second-order valence-electron chi connectivity index (χ2n) is 5.55. The van der Waals surface area contributed by atoms with Crippen LogP contribution in [-0.4, -0.2) is 47.4 Å². The van der Waals surface area contributed by atoms with Gasteiger partial charge in [0.05, 0.1) is 12.2 Å². The third-order valence-electron chi connectivity index (χ3n) is 3.25. The average molecular weight is 267 g/mol. The molecule has 1 saturated heterocycles. The molecule has 6 heteroatoms. The number of hydrogen-bond donors (Lipinski definition) is 2. The molecular weight excluding hydrogens is 248 g/mol. The Hall–Kier alpha value is -0.945. The minimum atomic E-state index is -1.78. The normalized spacial score (nSPS) is 19.4. The highest BCUT2D eigenvalue weighted by atomic mass is 19.1. The van der Waals surface area contributed by atoms with Gasteiger partial charge in [0.15, 0.2) is 0 Å². The van der Waals surface area contributed by atoms with Crippen molar-refractivity contribution in [3.8, 4) is 0 Å². The van der Waals surface area contributed by atoms with Crippen LogP contribution in [0.25, 0.3) is 0 Å². The molecule has 1 heterocycles. The first-order valence-corrected chi connectivity index (χ1v) is 6.38. The number of nitrogens with zero attached hydrogens (tertiary/aromatic N) is 1. The maximum absolute atomic E-state index is 13.4. The van der Waals surface area contributed by atoms with Crippen LogP contribution in [0.4, 0.5) is 4.39 Å². The van der Waals surface area contributed by atoms with Crippen LogP contribution in [0.3, 0.4) is 0 Å². The molecule has 0 bridgehead atoms. The minimum Gasteiger partial charge on any atom is -0.423 e. The van der Waals surface area contributed by atoms with E-state index in [0.29, 0.717) is 13.2 Å². The molecule has 0 saturated carbocycles. The minimum absolute atomic E-state index is 0.0787. The lowest BCUT2D eigenvalue weighted by Gasteiger charge is -2.38. The topological polar surface area (TPSA) is 52.9 Å². The molecule has 0 spiro atoms. The lowest BCUT2D eigenvalue weighted by atomic mass is 9.79. The molecular formula is C13H19BFNO3. The van der Waals surface area contributed by atoms with E-state index in [9.17, 15) is 4.39 Å². The molecule has 0 atom stereocenters. The summed E-state index contributed by atoms with van der Waals surface area (Å²) in [7, 11) is -1.78. The maximum Gasteiger partial charge on any atom is 0.491 e. The van der Waals surface area contributed by atoms with E-state index >= 15 is 0 Å². The Labute approximate surface area is 113 Å². The fraction of sp³-hybridized carbons (Fsp3) is 0.538. The number of halogens is 1. The van der Waals surface area contributed by atoms with Gasteiger partial charge in [-0.1, -0.05) is 12.1 Å². The van der Waals surface area contributed by atoms with Gasteiger partial charge in [0, 0.05) is 25.1 Å². The summed E-state index contributed by atoms with van der Waals surface area (Å²) in [5.41, 5.74) is 0.602. The number of ether oxygens (including phenoxy) is 1. The van der Waals surface area contributed by atoms with Gasteiger partial charge in [-0.25, -0.2) is 4.39 Å². The van der Waals surface area contributed by atoms with Crippen molar-refractivity contribution in [2.24, 2.45) is 0 Å². The Morgan fingerprint density at radius 2 is 2.16 bits per heavy atom. The summed E-state index contributed by atoms with van der Waals surface area (Å²) in [4.78, 5) is 2.21. The molecule has 104 valence electrons. The van der Waals surface area contributed by atoms with Crippen molar-refractivity contribution >= 4 is 12.6 Å². The Balaban J connectivity index is 2.09. The first kappa shape index (κ1) is 14.5. The molecule has 1 aliphatic rings. The maximum atomic E-state index is 13.4. The molecule has 4 nitrogen and oxygen atoms in total. The third-order valence-corrected chi connectivity index (χ3v) is 3.25. The quantitative estimate of drug-likeness (QED) is 0.764. The van der Waals surface area contributed by atoms with E-state index in [1.807, 2.05) is 13.8 Å². The van der Waals surface area contributed by atoms with E-state index in [1.54, 1.807) is 6.07 Å². The van der Waals surface area contributed by atoms with Gasteiger partial charge in [-0.2, -0.15) is 0 Å². The van der Waals surface area contributed by atoms with Gasteiger partial charge >= 0.3 is 7.12 Å². The number of rotatable bonds is 3. The van der Waals surface area contributed by atoms with Gasteiger partial charge in [0.1, 0.15) is 5.82 Å². The fourth-order valence-corrected chi connectivity index (χ4v) is 2.40. The van der Waals surface area contributed by atoms with Gasteiger partial charge in [-0.15, -0.1) is 0 Å². The molecule has 0 radical (unpaired) electrons. The lowest BCUT2D eigenvalue weighted by molar-refractivity contribution is -0.0882. The van der Waals surface area contributed by atoms with Crippen LogP contribution in [0.15, 0.2) is 18.2 Å². The van der Waals surface area contributed by atoms with Crippen LogP contribution in [0.2, 0.25) is 0 Å². The van der Waals surface area contributed by atoms with Crippen molar-refractivity contribution in [2.45, 2.75) is 26.0 Å². The lowest BCUT2D eigenvalue weighted by Crippen LogP contribution is -2.47. The van der Waals surface area contributed by atoms with Gasteiger partial charge in [0.25, 0.3) is 0 Å². The molecule has 0 aliphatic carbocycles. The van der Waals surface area contributed by atoms with Crippen molar-refractivity contribution < 1.29 is 19.2 Å². The molecule has 1 aromatic carbocycles. The zero-order chi connectivity index (χ0) is 14.0. The van der Waals surface area contributed by atoms with Crippen LogP contribution >= 0.6 is 0 Å². The SMILES string of the molecule is CC1(C)CN(Cc2ccc(F)c(B(O)O)c2)CCO1. The zero-order valence-corrected chi connectivity index (χ0v) is 11.3. The van der Waals surface area contributed by atoms with E-state index in [0.717, 1.165) is 18.7 Å². The summed E-state index contributed by atoms with van der Waals surface area (Å²) < 4.78 is 19.0. The van der Waals surface area contributed by atoms with Gasteiger partial charge in [-0.3, -0.25) is 4.90 Å². The first-order chi connectivity index (χ1) is 8.87. The Morgan fingerprint density at radius 1 is 1.42 bits per heavy atom. The predicted octanol–water partition coefficient (Wildman–Crippen LogP) is 0.116. The van der Waals surface area contributed by atoms with Crippen molar-refractivity contribution in [1.82, 2.24) is 4.90 Å². The van der Waals surface area contributed by atoms with Crippen LogP contribution in [0, 0.1) is 5.82 Å². The second-order valence-corrected chi connectivity index (χ2v) is 5.55. The monoisotopic (exact) mass is 267 g/mol. The summed E-state index contributed by atoms with van der Waals surface area (Å²) >= 11 is 0. The molecule has 1 aliphatic heterocycles. The highest BCUT2D eigenvalue weighted by Crippen LogP contribution is 2.18. The zero-order valence-electron chi connectivity index (χ0n) is 11.3. The summed E-state index contributed by atoms with van der Waals surface area (Å²) in [5.74, 6) is -0.596. The predicted molar refractivity (Wildman–Crippen MR) is 71.5 cm³/mol. The molecule has 2 rings (SSSR count). The Kier molecular flexibility index (Phi) is 4.25. The van der Waals surface area contributed by atoms with E-state index in [1.165, 1.54) is 12.1 Å². The molecule has 0 aromatic heterocycles. The summed E-state index contributed by atoms with van der Waals surface area (Å²) in [6, 6.07) is 4.45. The summed E-state index contributed by atoms with van der Waals surface area (Å²) in [6.45, 7) is 7.00. The van der Waals surface area contributed by atoms with Gasteiger partial charge in [-0.05, 0) is 25.5 Å². The number of benzene rings is 1. The molecule has 2 N–H and O–H groups in total. The second kappa shape index (κ2) is 5.59.